The first-order valence-electron chi connectivity index (χ1n) is 12.4. The van der Waals surface area contributed by atoms with Gasteiger partial charge in [0.2, 0.25) is 11.8 Å². The number of carboxylic acids is 1. The van der Waals surface area contributed by atoms with Crippen molar-refractivity contribution in [2.24, 2.45) is 5.41 Å². The van der Waals surface area contributed by atoms with E-state index in [1.165, 1.54) is 43.6 Å². The maximum absolute atomic E-state index is 13.2. The van der Waals surface area contributed by atoms with Crippen LogP contribution in [0.2, 0.25) is 5.02 Å². The summed E-state index contributed by atoms with van der Waals surface area (Å²) < 4.78 is 29.8. The Morgan fingerprint density at radius 3 is 2.24 bits per heavy atom. The number of carbonyl (C=O) groups is 3. The molecular formula is C29H25ClFMgN3O7. The molecule has 42 heavy (non-hydrogen) atoms. The second kappa shape index (κ2) is 12.8. The van der Waals surface area contributed by atoms with Crippen LogP contribution in [0.25, 0.3) is 10.9 Å². The van der Waals surface area contributed by atoms with Gasteiger partial charge in [-0.1, -0.05) is 11.6 Å². The van der Waals surface area contributed by atoms with Gasteiger partial charge in [0.25, 0.3) is 0 Å². The molecule has 0 spiro atoms. The maximum Gasteiger partial charge on any atom is 2.00 e. The Bertz CT molecular complexity index is 1680. The normalized spacial score (nSPS) is 12.9. The molecule has 1 saturated carbocycles. The molecule has 0 radical (unpaired) electrons. The van der Waals surface area contributed by atoms with Crippen molar-refractivity contribution in [2.75, 3.05) is 24.4 Å². The maximum atomic E-state index is 13.2. The van der Waals surface area contributed by atoms with Crippen molar-refractivity contribution < 1.29 is 40.9 Å². The van der Waals surface area contributed by atoms with E-state index in [0.29, 0.717) is 46.6 Å². The number of aromatic nitrogens is 1. The molecule has 214 valence electrons. The molecule has 0 saturated heterocycles. The summed E-state index contributed by atoms with van der Waals surface area (Å²) in [5, 5.41) is 15.1. The smallest absolute Gasteiger partial charge is 1.00 e. The van der Waals surface area contributed by atoms with E-state index in [4.69, 9.17) is 30.9 Å². The van der Waals surface area contributed by atoms with Gasteiger partial charge in [-0.3, -0.25) is 14.6 Å². The molecule has 0 atom stereocenters. The van der Waals surface area contributed by atoms with Crippen molar-refractivity contribution in [1.29, 1.82) is 0 Å². The predicted molar refractivity (Wildman–Crippen MR) is 156 cm³/mol. The summed E-state index contributed by atoms with van der Waals surface area (Å²) >= 11 is 6.48. The Labute approximate surface area is 263 Å². The standard InChI is InChI=1S/C29H23ClFN3O7.Mg.2H/c1-39-24-13-19-21(14-25(24)40-15-26(35)36)32-11-8-22(19)41-23-7-6-18(12-20(23)30)34-28(38)29(9-10-29)27(37)33-17-4-2-16(31)3-5-17;;;/h2-8,11-14H,9-10,15H2,1H3,(H,33,37)(H,34,38)(H,35,36);;;/q;+2;2*-1. The minimum absolute atomic E-state index is 0. The van der Waals surface area contributed by atoms with Gasteiger partial charge >= 0.3 is 29.0 Å². The second-order valence-electron chi connectivity index (χ2n) is 9.26. The van der Waals surface area contributed by atoms with Crippen LogP contribution in [-0.4, -0.2) is 64.6 Å². The van der Waals surface area contributed by atoms with Crippen LogP contribution < -0.4 is 24.8 Å². The number of nitrogens with zero attached hydrogens (tertiary/aromatic N) is 1. The topological polar surface area (TPSA) is 136 Å². The summed E-state index contributed by atoms with van der Waals surface area (Å²) in [6.45, 7) is -0.545. The van der Waals surface area contributed by atoms with Gasteiger partial charge in [-0.15, -0.1) is 0 Å². The van der Waals surface area contributed by atoms with E-state index in [1.807, 2.05) is 0 Å². The molecule has 2 amide bonds. The fourth-order valence-corrected chi connectivity index (χ4v) is 4.35. The number of amides is 2. The minimum atomic E-state index is -1.22. The largest absolute Gasteiger partial charge is 2.00 e. The number of nitrogens with one attached hydrogen (secondary N) is 2. The Morgan fingerprint density at radius 1 is 0.952 bits per heavy atom. The molecule has 1 aliphatic rings. The van der Waals surface area contributed by atoms with Gasteiger partial charge < -0.3 is 32.8 Å². The SMILES string of the molecule is COc1cc2c(Oc3ccc(NC(=O)C4(C(=O)Nc5ccc(F)cc5)CC4)cc3Cl)ccnc2cc1OCC(=O)O.[H-].[H-].[Mg+2]. The quantitative estimate of drug-likeness (QED) is 0.159. The number of methoxy groups -OCH3 is 1. The van der Waals surface area contributed by atoms with E-state index in [2.05, 4.69) is 15.6 Å². The van der Waals surface area contributed by atoms with Gasteiger partial charge in [0.1, 0.15) is 22.7 Å². The predicted octanol–water partition coefficient (Wildman–Crippen LogP) is 5.49. The zero-order valence-corrected chi connectivity index (χ0v) is 24.4. The number of fused-ring (bicyclic) bond motifs is 1. The van der Waals surface area contributed by atoms with E-state index in [-0.39, 0.29) is 42.4 Å². The molecule has 0 unspecified atom stereocenters. The fourth-order valence-electron chi connectivity index (χ4n) is 4.13. The van der Waals surface area contributed by atoms with Gasteiger partial charge in [-0.25, -0.2) is 9.18 Å². The molecule has 1 aliphatic carbocycles. The van der Waals surface area contributed by atoms with Crippen LogP contribution in [-0.2, 0) is 14.4 Å². The molecule has 0 aliphatic heterocycles. The molecule has 0 bridgehead atoms. The molecule has 13 heteroatoms. The van der Waals surface area contributed by atoms with E-state index in [1.54, 1.807) is 30.3 Å². The molecule has 1 aromatic heterocycles. The Kier molecular flexibility index (Phi) is 9.39. The Hall–Kier alpha value is -4.13. The summed E-state index contributed by atoms with van der Waals surface area (Å²) in [5.74, 6) is -1.32. The number of carboxylic acid groups (broad SMARTS) is 1. The van der Waals surface area contributed by atoms with Crippen LogP contribution in [0.1, 0.15) is 15.7 Å². The number of carbonyl (C=O) groups excluding carboxylic acids is 2. The second-order valence-corrected chi connectivity index (χ2v) is 9.66. The molecule has 5 rings (SSSR count). The summed E-state index contributed by atoms with van der Waals surface area (Å²) in [4.78, 5) is 41.0. The van der Waals surface area contributed by atoms with Crippen LogP contribution in [0, 0.1) is 11.2 Å². The third-order valence-electron chi connectivity index (χ3n) is 6.47. The van der Waals surface area contributed by atoms with E-state index >= 15 is 0 Å². The number of hydrogen-bond acceptors (Lipinski definition) is 7. The van der Waals surface area contributed by atoms with Crippen molar-refractivity contribution in [3.8, 4) is 23.0 Å². The van der Waals surface area contributed by atoms with Gasteiger partial charge in [0.15, 0.2) is 18.1 Å². The number of ether oxygens (including phenoxy) is 3. The van der Waals surface area contributed by atoms with Crippen molar-refractivity contribution in [3.05, 3.63) is 77.7 Å². The third kappa shape index (κ3) is 6.67. The van der Waals surface area contributed by atoms with E-state index < -0.39 is 35.6 Å². The van der Waals surface area contributed by atoms with Crippen LogP contribution in [0.4, 0.5) is 15.8 Å². The van der Waals surface area contributed by atoms with Crippen LogP contribution in [0.15, 0.2) is 66.9 Å². The first-order valence-corrected chi connectivity index (χ1v) is 12.7. The molecular weight excluding hydrogens is 581 g/mol. The number of benzene rings is 3. The first kappa shape index (κ1) is 30.8. The van der Waals surface area contributed by atoms with Crippen molar-refractivity contribution >= 4 is 74.7 Å². The van der Waals surface area contributed by atoms with Crippen molar-refractivity contribution in [1.82, 2.24) is 4.98 Å². The number of aliphatic carboxylic acids is 1. The van der Waals surface area contributed by atoms with Crippen molar-refractivity contribution in [2.45, 2.75) is 12.8 Å². The zero-order chi connectivity index (χ0) is 29.1. The monoisotopic (exact) mass is 605 g/mol. The van der Waals surface area contributed by atoms with Gasteiger partial charge in [0.05, 0.1) is 17.6 Å². The zero-order valence-electron chi connectivity index (χ0n) is 24.3. The van der Waals surface area contributed by atoms with Gasteiger partial charge in [-0.05, 0) is 67.4 Å². The Balaban J connectivity index is 0.00000225. The van der Waals surface area contributed by atoms with E-state index in [9.17, 15) is 18.8 Å². The Morgan fingerprint density at radius 2 is 1.62 bits per heavy atom. The average Bonchev–Trinajstić information content (AvgIpc) is 3.77. The fraction of sp³-hybridized carbons (Fsp3) is 0.172. The minimum Gasteiger partial charge on any atom is -1.00 e. The molecule has 1 fully saturated rings. The number of hydrogen-bond donors (Lipinski definition) is 3. The number of pyridine rings is 1. The van der Waals surface area contributed by atoms with E-state index in [0.717, 1.165) is 0 Å². The molecule has 4 aromatic rings. The van der Waals surface area contributed by atoms with Crippen LogP contribution in [0.5, 0.6) is 23.0 Å². The number of rotatable bonds is 10. The number of halogens is 2. The summed E-state index contributed by atoms with van der Waals surface area (Å²) in [5.41, 5.74) is 0.00949. The van der Waals surface area contributed by atoms with Gasteiger partial charge in [-0.2, -0.15) is 0 Å². The number of anilines is 2. The van der Waals surface area contributed by atoms with Crippen molar-refractivity contribution in [3.63, 3.8) is 0 Å². The average molecular weight is 606 g/mol. The molecule has 3 N–H and O–H groups in total. The van der Waals surface area contributed by atoms with Gasteiger partial charge in [0, 0.05) is 29.0 Å². The summed E-state index contributed by atoms with van der Waals surface area (Å²) in [6.07, 6.45) is 2.27. The third-order valence-corrected chi connectivity index (χ3v) is 6.76. The molecule has 3 aromatic carbocycles. The van der Waals surface area contributed by atoms with Crippen LogP contribution in [0.3, 0.4) is 0 Å². The molecule has 10 nitrogen and oxygen atoms in total. The molecule has 1 heterocycles. The van der Waals surface area contributed by atoms with Crippen LogP contribution >= 0.6 is 11.6 Å². The first-order chi connectivity index (χ1) is 19.7. The summed E-state index contributed by atoms with van der Waals surface area (Å²) in [7, 11) is 1.42. The summed E-state index contributed by atoms with van der Waals surface area (Å²) in [6, 6.07) is 14.8.